The van der Waals surface area contributed by atoms with Crippen LogP contribution in [0.2, 0.25) is 0 Å². The Balaban J connectivity index is 0.000000188. The molecule has 2 aliphatic heterocycles. The fourth-order valence-electron chi connectivity index (χ4n) is 8.98. The molecule has 77 heavy (non-hydrogen) atoms. The predicted octanol–water partition coefficient (Wildman–Crippen LogP) is 8.41. The number of ether oxygens (including phenoxy) is 2. The number of aromatic nitrogens is 10. The highest BCUT2D eigenvalue weighted by Gasteiger charge is 2.35. The van der Waals surface area contributed by atoms with Crippen LogP contribution in [0.25, 0.3) is 44.8 Å². The van der Waals surface area contributed by atoms with E-state index in [2.05, 4.69) is 88.0 Å². The number of likely N-dealkylation sites (N-methyl/N-ethyl adjacent to an activating group) is 1. The number of fused-ring (bicyclic) bond motifs is 2. The SMILES string of the molecule is CN(CCCc1cc(Nc2[nH]nc3ncccc23)nc(-c2ccccc2C(F)(F)F)n1)CCN1CCOCC1.FC(F)(F)c1ccccc1-c1nc(CCCNCCN2CCOCC2)cc(Nc2[nH]nc3ncccc23)n1. The maximum absolute atomic E-state index is 13.8. The van der Waals surface area contributed by atoms with Crippen LogP contribution >= 0.6 is 0 Å². The molecule has 2 aliphatic rings. The summed E-state index contributed by atoms with van der Waals surface area (Å²) in [6.07, 6.45) is -3.04. The fraction of sp³-hybridized carbons (Fsp3) is 0.396. The summed E-state index contributed by atoms with van der Waals surface area (Å²) in [6.45, 7) is 12.2. The van der Waals surface area contributed by atoms with Crippen LogP contribution in [0, 0.1) is 0 Å². The topological polar surface area (TPSA) is 199 Å². The number of halogens is 6. The predicted molar refractivity (Wildman–Crippen MR) is 281 cm³/mol. The number of pyridine rings is 2. The van der Waals surface area contributed by atoms with E-state index in [-0.39, 0.29) is 22.8 Å². The minimum Gasteiger partial charge on any atom is -0.379 e. The van der Waals surface area contributed by atoms with E-state index < -0.39 is 23.5 Å². The van der Waals surface area contributed by atoms with E-state index >= 15 is 0 Å². The third-order valence-corrected chi connectivity index (χ3v) is 13.0. The van der Waals surface area contributed by atoms with Gasteiger partial charge in [-0.1, -0.05) is 36.4 Å². The highest BCUT2D eigenvalue weighted by atomic mass is 19.4. The van der Waals surface area contributed by atoms with Gasteiger partial charge in [-0.3, -0.25) is 20.0 Å². The standard InChI is InChI=1S/C27H31F3N8O.C26H29F3N8O/c1-37(12-13-38-14-16-39-17-15-38)11-5-6-19-18-23(34-26-21-8-4-10-31-24(21)35-36-26)33-25(32-19)20-7-2-3-9-22(20)27(28,29)30;27-26(28,29)21-8-2-1-6-19(21)24-32-18(5-3-9-30-11-12-37-13-15-38-16-14-37)17-22(33-24)34-25-20-7-4-10-31-23(20)35-36-25/h2-4,7-10,18H,5-6,11-17H2,1H3,(H2,31,32,33,34,35,36);1-2,4,6-8,10,17,30H,3,5,9,11-16H2,(H2,31,32,33,34,35,36). The van der Waals surface area contributed by atoms with Crippen molar-refractivity contribution < 1.29 is 35.8 Å². The Morgan fingerprint density at radius 3 is 1.56 bits per heavy atom. The van der Waals surface area contributed by atoms with Crippen LogP contribution in [0.5, 0.6) is 0 Å². The van der Waals surface area contributed by atoms with Crippen molar-refractivity contribution in [3.63, 3.8) is 0 Å². The molecule has 0 bridgehead atoms. The molecule has 0 aliphatic carbocycles. The van der Waals surface area contributed by atoms with Crippen molar-refractivity contribution >= 4 is 45.3 Å². The zero-order chi connectivity index (χ0) is 53.6. The first kappa shape index (κ1) is 54.6. The molecule has 8 heterocycles. The summed E-state index contributed by atoms with van der Waals surface area (Å²) in [7, 11) is 2.08. The molecule has 8 aromatic rings. The van der Waals surface area contributed by atoms with Crippen molar-refractivity contribution in [2.75, 3.05) is 110 Å². The number of aromatic amines is 2. The molecular weight excluding hydrogens is 1010 g/mol. The van der Waals surface area contributed by atoms with E-state index in [1.165, 1.54) is 24.3 Å². The zero-order valence-electron chi connectivity index (χ0n) is 42.5. The number of alkyl halides is 6. The van der Waals surface area contributed by atoms with Gasteiger partial charge in [0, 0.05) is 99.4 Å². The molecule has 5 N–H and O–H groups in total. The van der Waals surface area contributed by atoms with E-state index in [1.54, 1.807) is 48.8 Å². The van der Waals surface area contributed by atoms with Gasteiger partial charge in [0.15, 0.2) is 22.9 Å². The van der Waals surface area contributed by atoms with Crippen LogP contribution in [-0.2, 0) is 34.7 Å². The summed E-state index contributed by atoms with van der Waals surface area (Å²) >= 11 is 0. The molecule has 0 amide bonds. The van der Waals surface area contributed by atoms with Gasteiger partial charge in [-0.25, -0.2) is 29.9 Å². The molecule has 0 saturated carbocycles. The zero-order valence-corrected chi connectivity index (χ0v) is 42.5. The number of hydrogen-bond donors (Lipinski definition) is 5. The molecule has 2 saturated heterocycles. The number of rotatable bonds is 20. The first-order valence-corrected chi connectivity index (χ1v) is 25.5. The van der Waals surface area contributed by atoms with Gasteiger partial charge in [0.1, 0.15) is 23.3 Å². The lowest BCUT2D eigenvalue weighted by Crippen LogP contribution is -2.40. The molecule has 6 aromatic heterocycles. The van der Waals surface area contributed by atoms with E-state index in [1.807, 2.05) is 12.1 Å². The van der Waals surface area contributed by atoms with Gasteiger partial charge < -0.3 is 30.3 Å². The molecular formula is C53H60F6N16O2. The average Bonchev–Trinajstić information content (AvgIpc) is 4.05. The molecule has 0 spiro atoms. The van der Waals surface area contributed by atoms with Gasteiger partial charge in [0.2, 0.25) is 0 Å². The lowest BCUT2D eigenvalue weighted by atomic mass is 10.1. The molecule has 0 atom stereocenters. The fourth-order valence-corrected chi connectivity index (χ4v) is 8.98. The van der Waals surface area contributed by atoms with Gasteiger partial charge in [-0.15, -0.1) is 0 Å². The highest BCUT2D eigenvalue weighted by Crippen LogP contribution is 2.38. The van der Waals surface area contributed by atoms with Crippen molar-refractivity contribution in [1.29, 1.82) is 0 Å². The van der Waals surface area contributed by atoms with E-state index in [0.717, 1.165) is 128 Å². The molecule has 0 unspecified atom stereocenters. The summed E-state index contributed by atoms with van der Waals surface area (Å²) in [5.41, 5.74) is 0.677. The first-order valence-electron chi connectivity index (χ1n) is 25.5. The monoisotopic (exact) mass is 1070 g/mol. The van der Waals surface area contributed by atoms with Gasteiger partial charge in [0.05, 0.1) is 48.3 Å². The molecule has 10 rings (SSSR count). The number of morpholine rings is 2. The van der Waals surface area contributed by atoms with Crippen molar-refractivity contribution in [2.45, 2.75) is 38.0 Å². The van der Waals surface area contributed by atoms with Crippen LogP contribution < -0.4 is 16.0 Å². The van der Waals surface area contributed by atoms with Crippen molar-refractivity contribution in [2.24, 2.45) is 0 Å². The second-order valence-electron chi connectivity index (χ2n) is 18.6. The first-order chi connectivity index (χ1) is 37.3. The van der Waals surface area contributed by atoms with E-state index in [4.69, 9.17) is 9.47 Å². The Bertz CT molecular complexity index is 3160. The average molecular weight is 1070 g/mol. The van der Waals surface area contributed by atoms with Gasteiger partial charge in [-0.2, -0.15) is 36.5 Å². The number of nitrogens with zero attached hydrogens (tertiary/aromatic N) is 11. The number of nitrogens with one attached hydrogen (secondary N) is 5. The maximum atomic E-state index is 13.8. The second-order valence-corrected chi connectivity index (χ2v) is 18.6. The van der Waals surface area contributed by atoms with Crippen LogP contribution in [0.3, 0.4) is 0 Å². The number of aryl methyl sites for hydroxylation is 2. The Morgan fingerprint density at radius 2 is 1.05 bits per heavy atom. The second kappa shape index (κ2) is 25.7. The van der Waals surface area contributed by atoms with Crippen LogP contribution in [0.4, 0.5) is 49.6 Å². The minimum atomic E-state index is -4.53. The minimum absolute atomic E-state index is 0.0140. The Kier molecular flexibility index (Phi) is 18.2. The Morgan fingerprint density at radius 1 is 0.571 bits per heavy atom. The van der Waals surface area contributed by atoms with Gasteiger partial charge >= 0.3 is 12.4 Å². The van der Waals surface area contributed by atoms with Gasteiger partial charge in [-0.05, 0) is 82.2 Å². The summed E-state index contributed by atoms with van der Waals surface area (Å²) in [6, 6.07) is 21.5. The van der Waals surface area contributed by atoms with Crippen molar-refractivity contribution in [1.82, 2.24) is 70.3 Å². The van der Waals surface area contributed by atoms with E-state index in [0.29, 0.717) is 58.8 Å². The molecule has 0 radical (unpaired) electrons. The molecule has 2 fully saturated rings. The lowest BCUT2D eigenvalue weighted by molar-refractivity contribution is -0.137. The molecule has 406 valence electrons. The van der Waals surface area contributed by atoms with Crippen LogP contribution in [0.15, 0.2) is 97.3 Å². The third kappa shape index (κ3) is 15.0. The number of anilines is 4. The molecule has 18 nitrogen and oxygen atoms in total. The Hall–Kier alpha value is -7.22. The van der Waals surface area contributed by atoms with E-state index in [9.17, 15) is 26.3 Å². The highest BCUT2D eigenvalue weighted by molar-refractivity contribution is 5.89. The number of benzene rings is 2. The number of hydrogen-bond acceptors (Lipinski definition) is 16. The van der Waals surface area contributed by atoms with Crippen molar-refractivity contribution in [3.8, 4) is 22.8 Å². The quantitative estimate of drug-likeness (QED) is 0.0360. The maximum Gasteiger partial charge on any atom is 0.417 e. The summed E-state index contributed by atoms with van der Waals surface area (Å²) in [4.78, 5) is 33.4. The smallest absolute Gasteiger partial charge is 0.379 e. The summed E-state index contributed by atoms with van der Waals surface area (Å²) in [5, 5.41) is 25.4. The van der Waals surface area contributed by atoms with Crippen molar-refractivity contribution in [3.05, 3.63) is 120 Å². The largest absolute Gasteiger partial charge is 0.417 e. The third-order valence-electron chi connectivity index (χ3n) is 13.0. The number of H-pyrrole nitrogens is 2. The normalized spacial score (nSPS) is 14.8. The lowest BCUT2D eigenvalue weighted by Gasteiger charge is -2.28. The Labute approximate surface area is 440 Å². The van der Waals surface area contributed by atoms with Gasteiger partial charge in [0.25, 0.3) is 0 Å². The summed E-state index contributed by atoms with van der Waals surface area (Å²) in [5.74, 6) is 1.89. The van der Waals surface area contributed by atoms with Crippen LogP contribution in [-0.4, -0.2) is 164 Å². The molecule has 2 aromatic carbocycles. The summed E-state index contributed by atoms with van der Waals surface area (Å²) < 4.78 is 93.5. The van der Waals surface area contributed by atoms with Crippen LogP contribution in [0.1, 0.15) is 35.4 Å². The molecule has 24 heteroatoms.